The molecule has 130 valence electrons. The summed E-state index contributed by atoms with van der Waals surface area (Å²) in [4.78, 5) is 24.3. The molecule has 1 N–H and O–H groups in total. The van der Waals surface area contributed by atoms with Crippen LogP contribution < -0.4 is 9.47 Å². The van der Waals surface area contributed by atoms with Crippen LogP contribution in [0.2, 0.25) is 0 Å². The van der Waals surface area contributed by atoms with E-state index in [-0.39, 0.29) is 24.5 Å². The van der Waals surface area contributed by atoms with Crippen LogP contribution in [0.4, 0.5) is 13.2 Å². The van der Waals surface area contributed by atoms with Crippen molar-refractivity contribution in [1.29, 1.82) is 0 Å². The minimum Gasteiger partial charge on any atom is -0.486 e. The summed E-state index contributed by atoms with van der Waals surface area (Å²) in [6.45, 7) is 3.56. The number of nitrogens with zero attached hydrogens (tertiary/aromatic N) is 1. The van der Waals surface area contributed by atoms with Gasteiger partial charge in [0.05, 0.1) is 0 Å². The molecule has 0 aliphatic carbocycles. The molecule has 2 rings (SSSR count). The average Bonchev–Trinajstić information content (AvgIpc) is 2.42. The number of hydrogen-bond acceptors (Lipinski definition) is 4. The number of alkyl halides is 3. The van der Waals surface area contributed by atoms with Crippen molar-refractivity contribution in [2.24, 2.45) is 0 Å². The first kappa shape index (κ1) is 17.6. The fraction of sp³-hybridized carbons (Fsp3) is 0.333. The van der Waals surface area contributed by atoms with Crippen molar-refractivity contribution < 1.29 is 37.3 Å². The number of benzene rings is 1. The SMILES string of the molecule is C=CCOc1ccc(C(=O)N2CC[C@@H]2C(=O)O)cc1OC(F)(F)F. The van der Waals surface area contributed by atoms with Crippen LogP contribution in [0, 0.1) is 0 Å². The van der Waals surface area contributed by atoms with Gasteiger partial charge in [-0.3, -0.25) is 4.79 Å². The molecule has 0 spiro atoms. The average molecular weight is 345 g/mol. The Bertz CT molecular complexity index is 659. The number of hydrogen-bond donors (Lipinski definition) is 1. The lowest BCUT2D eigenvalue weighted by Gasteiger charge is -2.38. The number of carboxylic acids is 1. The summed E-state index contributed by atoms with van der Waals surface area (Å²) in [7, 11) is 0. The molecule has 1 aromatic rings. The predicted octanol–water partition coefficient (Wildman–Crippen LogP) is 2.45. The van der Waals surface area contributed by atoms with Gasteiger partial charge in [-0.25, -0.2) is 4.79 Å². The maximum Gasteiger partial charge on any atom is 0.573 e. The first-order chi connectivity index (χ1) is 11.2. The monoisotopic (exact) mass is 345 g/mol. The zero-order chi connectivity index (χ0) is 17.9. The van der Waals surface area contributed by atoms with E-state index in [4.69, 9.17) is 9.84 Å². The van der Waals surface area contributed by atoms with E-state index in [0.29, 0.717) is 6.42 Å². The number of halogens is 3. The summed E-state index contributed by atoms with van der Waals surface area (Å²) in [6.07, 6.45) is -3.32. The number of rotatable bonds is 6. The summed E-state index contributed by atoms with van der Waals surface area (Å²) in [5.74, 6) is -2.73. The van der Waals surface area contributed by atoms with Gasteiger partial charge in [0, 0.05) is 12.1 Å². The van der Waals surface area contributed by atoms with Crippen molar-refractivity contribution in [3.8, 4) is 11.5 Å². The normalized spacial score (nSPS) is 17.0. The van der Waals surface area contributed by atoms with E-state index < -0.39 is 30.0 Å². The smallest absolute Gasteiger partial charge is 0.486 e. The Balaban J connectivity index is 2.27. The lowest BCUT2D eigenvalue weighted by Crippen LogP contribution is -2.55. The van der Waals surface area contributed by atoms with Crippen molar-refractivity contribution >= 4 is 11.9 Å². The van der Waals surface area contributed by atoms with E-state index in [9.17, 15) is 22.8 Å². The Morgan fingerprint density at radius 3 is 2.58 bits per heavy atom. The van der Waals surface area contributed by atoms with E-state index in [1.165, 1.54) is 12.1 Å². The minimum atomic E-state index is -4.96. The molecule has 6 nitrogen and oxygen atoms in total. The molecule has 24 heavy (non-hydrogen) atoms. The summed E-state index contributed by atoms with van der Waals surface area (Å²) >= 11 is 0. The van der Waals surface area contributed by atoms with E-state index in [1.54, 1.807) is 0 Å². The highest BCUT2D eigenvalue weighted by molar-refractivity contribution is 5.98. The molecule has 1 aromatic carbocycles. The van der Waals surface area contributed by atoms with Crippen LogP contribution in [0.25, 0.3) is 0 Å². The van der Waals surface area contributed by atoms with Crippen LogP contribution in [0.1, 0.15) is 16.8 Å². The van der Waals surface area contributed by atoms with E-state index in [1.807, 2.05) is 0 Å². The molecular weight excluding hydrogens is 331 g/mol. The summed E-state index contributed by atoms with van der Waals surface area (Å²) in [6, 6.07) is 2.32. The number of amides is 1. The van der Waals surface area contributed by atoms with E-state index >= 15 is 0 Å². The third-order valence-electron chi connectivity index (χ3n) is 3.34. The molecule has 0 radical (unpaired) electrons. The van der Waals surface area contributed by atoms with Crippen molar-refractivity contribution in [1.82, 2.24) is 4.90 Å². The number of likely N-dealkylation sites (tertiary alicyclic amines) is 1. The molecular formula is C15H14F3NO5. The molecule has 0 saturated carbocycles. The second-order valence-electron chi connectivity index (χ2n) is 4.95. The Hall–Kier alpha value is -2.71. The first-order valence-electron chi connectivity index (χ1n) is 6.90. The third kappa shape index (κ3) is 3.98. The fourth-order valence-corrected chi connectivity index (χ4v) is 2.17. The molecule has 0 aromatic heterocycles. The van der Waals surface area contributed by atoms with Crippen LogP contribution >= 0.6 is 0 Å². The summed E-state index contributed by atoms with van der Waals surface area (Å²) < 4.78 is 46.5. The Labute approximate surface area is 135 Å². The molecule has 1 aliphatic heterocycles. The molecule has 1 saturated heterocycles. The van der Waals surface area contributed by atoms with Crippen LogP contribution in [0.5, 0.6) is 11.5 Å². The Morgan fingerprint density at radius 2 is 2.08 bits per heavy atom. The van der Waals surface area contributed by atoms with Crippen LogP contribution in [0.3, 0.4) is 0 Å². The fourth-order valence-electron chi connectivity index (χ4n) is 2.17. The predicted molar refractivity (Wildman–Crippen MR) is 75.9 cm³/mol. The standard InChI is InChI=1S/C15H14F3NO5/c1-2-7-23-11-4-3-9(8-12(11)24-15(16,17)18)13(20)19-6-5-10(19)14(21)22/h2-4,8,10H,1,5-7H2,(H,21,22)/t10-/m1/s1. The van der Waals surface area contributed by atoms with Gasteiger partial charge in [0.1, 0.15) is 12.6 Å². The Morgan fingerprint density at radius 1 is 1.38 bits per heavy atom. The van der Waals surface area contributed by atoms with Crippen molar-refractivity contribution in [2.45, 2.75) is 18.8 Å². The van der Waals surface area contributed by atoms with E-state index in [0.717, 1.165) is 17.0 Å². The second kappa shape index (κ2) is 6.81. The molecule has 1 heterocycles. The number of carbonyl (C=O) groups excluding carboxylic acids is 1. The summed E-state index contributed by atoms with van der Waals surface area (Å²) in [5.41, 5.74) is -0.119. The molecule has 1 aliphatic rings. The van der Waals surface area contributed by atoms with Gasteiger partial charge >= 0.3 is 12.3 Å². The number of aliphatic carboxylic acids is 1. The second-order valence-corrected chi connectivity index (χ2v) is 4.95. The number of carbonyl (C=O) groups is 2. The van der Waals surface area contributed by atoms with Gasteiger partial charge in [-0.2, -0.15) is 0 Å². The molecule has 0 unspecified atom stereocenters. The highest BCUT2D eigenvalue weighted by atomic mass is 19.4. The lowest BCUT2D eigenvalue weighted by molar-refractivity contribution is -0.275. The van der Waals surface area contributed by atoms with Gasteiger partial charge in [-0.1, -0.05) is 12.7 Å². The molecule has 1 fully saturated rings. The number of ether oxygens (including phenoxy) is 2. The largest absolute Gasteiger partial charge is 0.573 e. The van der Waals surface area contributed by atoms with Crippen molar-refractivity contribution in [2.75, 3.05) is 13.2 Å². The van der Waals surface area contributed by atoms with Gasteiger partial charge in [0.15, 0.2) is 11.5 Å². The third-order valence-corrected chi connectivity index (χ3v) is 3.34. The molecule has 0 bridgehead atoms. The van der Waals surface area contributed by atoms with Crippen molar-refractivity contribution in [3.05, 3.63) is 36.4 Å². The lowest BCUT2D eigenvalue weighted by atomic mass is 10.0. The summed E-state index contributed by atoms with van der Waals surface area (Å²) in [5, 5.41) is 8.95. The minimum absolute atomic E-state index is 0.0469. The Kier molecular flexibility index (Phi) is 5.01. The van der Waals surface area contributed by atoms with Crippen LogP contribution in [-0.4, -0.2) is 47.4 Å². The van der Waals surface area contributed by atoms with Gasteiger partial charge < -0.3 is 19.5 Å². The zero-order valence-electron chi connectivity index (χ0n) is 12.4. The maximum absolute atomic E-state index is 12.5. The molecule has 1 amide bonds. The highest BCUT2D eigenvalue weighted by Gasteiger charge is 2.38. The van der Waals surface area contributed by atoms with Gasteiger partial charge in [0.2, 0.25) is 0 Å². The maximum atomic E-state index is 12.5. The zero-order valence-corrected chi connectivity index (χ0v) is 12.4. The van der Waals surface area contributed by atoms with Gasteiger partial charge in [-0.05, 0) is 24.6 Å². The first-order valence-corrected chi connectivity index (χ1v) is 6.90. The topological polar surface area (TPSA) is 76.1 Å². The van der Waals surface area contributed by atoms with Crippen molar-refractivity contribution in [3.63, 3.8) is 0 Å². The highest BCUT2D eigenvalue weighted by Crippen LogP contribution is 2.34. The van der Waals surface area contributed by atoms with Gasteiger partial charge in [0.25, 0.3) is 5.91 Å². The van der Waals surface area contributed by atoms with Crippen LogP contribution in [-0.2, 0) is 4.79 Å². The molecule has 9 heteroatoms. The van der Waals surface area contributed by atoms with E-state index in [2.05, 4.69) is 11.3 Å². The van der Waals surface area contributed by atoms with Crippen LogP contribution in [0.15, 0.2) is 30.9 Å². The quantitative estimate of drug-likeness (QED) is 0.802. The van der Waals surface area contributed by atoms with Gasteiger partial charge in [-0.15, -0.1) is 13.2 Å². The molecule has 1 atom stereocenters. The number of carboxylic acid groups (broad SMARTS) is 1.